The number of aryl methyl sites for hydroxylation is 2. The maximum atomic E-state index is 13.1. The van der Waals surface area contributed by atoms with Crippen LogP contribution in [0.5, 0.6) is 11.5 Å². The Labute approximate surface area is 152 Å². The maximum Gasteiger partial charge on any atom is 0.417 e. The summed E-state index contributed by atoms with van der Waals surface area (Å²) in [5.74, 6) is -1.19. The van der Waals surface area contributed by atoms with Crippen LogP contribution in [-0.2, 0) is 18.8 Å². The molecule has 0 heterocycles. The molecule has 0 bridgehead atoms. The number of hydrogen-bond acceptors (Lipinski definition) is 2. The van der Waals surface area contributed by atoms with E-state index in [2.05, 4.69) is 0 Å². The Balaban J connectivity index is 2.59. The van der Waals surface area contributed by atoms with Gasteiger partial charge in [0.1, 0.15) is 11.5 Å². The summed E-state index contributed by atoms with van der Waals surface area (Å²) in [7, 11) is 0. The Kier molecular flexibility index (Phi) is 5.16. The molecule has 2 rings (SSSR count). The molecule has 2 aromatic carbocycles. The average molecular weight is 392 g/mol. The zero-order valence-electron chi connectivity index (χ0n) is 15.0. The third-order valence-corrected chi connectivity index (χ3v) is 4.59. The van der Waals surface area contributed by atoms with Crippen molar-refractivity contribution in [3.63, 3.8) is 0 Å². The third-order valence-electron chi connectivity index (χ3n) is 4.59. The fourth-order valence-electron chi connectivity index (χ4n) is 3.46. The van der Waals surface area contributed by atoms with E-state index in [0.29, 0.717) is 0 Å². The molecule has 2 aromatic rings. The molecule has 148 valence electrons. The molecule has 0 aromatic heterocycles. The van der Waals surface area contributed by atoms with Gasteiger partial charge in [-0.05, 0) is 49.9 Å². The molecule has 27 heavy (non-hydrogen) atoms. The predicted octanol–water partition coefficient (Wildman–Crippen LogP) is 5.96. The number of hydrogen-bond donors (Lipinski definition) is 2. The second-order valence-corrected chi connectivity index (χ2v) is 6.57. The largest absolute Gasteiger partial charge is 0.507 e. The van der Waals surface area contributed by atoms with Crippen LogP contribution in [0, 0.1) is 27.7 Å². The van der Waals surface area contributed by atoms with Crippen molar-refractivity contribution in [2.75, 3.05) is 0 Å². The number of aromatic hydroxyl groups is 2. The number of phenols is 2. The van der Waals surface area contributed by atoms with Crippen LogP contribution in [0.15, 0.2) is 12.1 Å². The van der Waals surface area contributed by atoms with Crippen LogP contribution in [0.25, 0.3) is 0 Å². The van der Waals surface area contributed by atoms with Gasteiger partial charge in [0.25, 0.3) is 0 Å². The van der Waals surface area contributed by atoms with Crippen molar-refractivity contribution in [2.24, 2.45) is 0 Å². The van der Waals surface area contributed by atoms with E-state index >= 15 is 0 Å². The fourth-order valence-corrected chi connectivity index (χ4v) is 3.46. The minimum atomic E-state index is -4.64. The summed E-state index contributed by atoms with van der Waals surface area (Å²) in [6.07, 6.45) is -9.50. The van der Waals surface area contributed by atoms with Gasteiger partial charge in [-0.3, -0.25) is 0 Å². The minimum Gasteiger partial charge on any atom is -0.507 e. The summed E-state index contributed by atoms with van der Waals surface area (Å²) in [5.41, 5.74) is -2.69. The zero-order chi connectivity index (χ0) is 20.9. The van der Waals surface area contributed by atoms with Gasteiger partial charge in [-0.15, -0.1) is 0 Å². The van der Waals surface area contributed by atoms with Crippen molar-refractivity contribution in [1.29, 1.82) is 0 Å². The van der Waals surface area contributed by atoms with Gasteiger partial charge < -0.3 is 10.2 Å². The van der Waals surface area contributed by atoms with E-state index in [4.69, 9.17) is 0 Å². The third kappa shape index (κ3) is 3.84. The highest BCUT2D eigenvalue weighted by atomic mass is 19.4. The molecule has 0 unspecified atom stereocenters. The lowest BCUT2D eigenvalue weighted by Gasteiger charge is -2.20. The molecule has 8 heteroatoms. The lowest BCUT2D eigenvalue weighted by molar-refractivity contribution is -0.139. The van der Waals surface area contributed by atoms with Gasteiger partial charge in [-0.25, -0.2) is 0 Å². The second-order valence-electron chi connectivity index (χ2n) is 6.57. The van der Waals surface area contributed by atoms with Crippen LogP contribution in [0.2, 0.25) is 0 Å². The molecule has 0 aliphatic carbocycles. The topological polar surface area (TPSA) is 40.5 Å². The number of benzene rings is 2. The van der Waals surface area contributed by atoms with E-state index in [-0.39, 0.29) is 39.8 Å². The first-order chi connectivity index (χ1) is 12.2. The summed E-state index contributed by atoms with van der Waals surface area (Å²) in [6, 6.07) is 2.26. The van der Waals surface area contributed by atoms with E-state index in [1.807, 2.05) is 0 Å². The molecule has 0 amide bonds. The molecule has 0 saturated carbocycles. The molecule has 0 fully saturated rings. The monoisotopic (exact) mass is 392 g/mol. The van der Waals surface area contributed by atoms with Gasteiger partial charge in [-0.2, -0.15) is 26.3 Å². The Bertz CT molecular complexity index is 822. The highest BCUT2D eigenvalue weighted by Crippen LogP contribution is 2.43. The summed E-state index contributed by atoms with van der Waals surface area (Å²) in [5, 5.41) is 20.4. The number of halogens is 6. The van der Waals surface area contributed by atoms with Crippen LogP contribution in [0.4, 0.5) is 26.3 Å². The van der Waals surface area contributed by atoms with Gasteiger partial charge in [0.05, 0.1) is 11.1 Å². The number of rotatable bonds is 2. The zero-order valence-corrected chi connectivity index (χ0v) is 15.0. The molecule has 0 radical (unpaired) electrons. The van der Waals surface area contributed by atoms with Crippen molar-refractivity contribution in [3.8, 4) is 11.5 Å². The van der Waals surface area contributed by atoms with Crippen molar-refractivity contribution in [3.05, 3.63) is 56.6 Å². The Morgan fingerprint density at radius 3 is 1.22 bits per heavy atom. The van der Waals surface area contributed by atoms with E-state index < -0.39 is 35.0 Å². The lowest BCUT2D eigenvalue weighted by atomic mass is 9.91. The molecular weight excluding hydrogens is 374 g/mol. The molecule has 0 spiro atoms. The average Bonchev–Trinajstić information content (AvgIpc) is 2.46. The molecule has 0 atom stereocenters. The maximum absolute atomic E-state index is 13.1. The van der Waals surface area contributed by atoms with Crippen LogP contribution < -0.4 is 0 Å². The number of alkyl halides is 6. The van der Waals surface area contributed by atoms with Gasteiger partial charge in [0, 0.05) is 17.5 Å². The van der Waals surface area contributed by atoms with E-state index in [1.165, 1.54) is 13.8 Å². The fraction of sp³-hybridized carbons (Fsp3) is 0.368. The molecule has 0 aliphatic rings. The molecule has 2 N–H and O–H groups in total. The van der Waals surface area contributed by atoms with Crippen LogP contribution in [0.1, 0.15) is 44.5 Å². The summed E-state index contributed by atoms with van der Waals surface area (Å²) < 4.78 is 78.7. The molecule has 2 nitrogen and oxygen atoms in total. The standard InChI is InChI=1S/C19H18F6O2/c1-8-5-12(16(26)10(3)14(8)18(20,21)22)7-13-6-9(2)15(19(23,24)25)11(4)17(13)27/h5-6,26-27H,7H2,1-4H3. The van der Waals surface area contributed by atoms with Crippen LogP contribution >= 0.6 is 0 Å². The van der Waals surface area contributed by atoms with Crippen LogP contribution in [-0.4, -0.2) is 10.2 Å². The van der Waals surface area contributed by atoms with Gasteiger partial charge in [0.2, 0.25) is 0 Å². The van der Waals surface area contributed by atoms with E-state index in [1.54, 1.807) is 0 Å². The van der Waals surface area contributed by atoms with Gasteiger partial charge in [0.15, 0.2) is 0 Å². The van der Waals surface area contributed by atoms with Crippen molar-refractivity contribution < 1.29 is 36.6 Å². The predicted molar refractivity (Wildman–Crippen MR) is 88.0 cm³/mol. The summed E-state index contributed by atoms with van der Waals surface area (Å²) >= 11 is 0. The van der Waals surface area contributed by atoms with E-state index in [0.717, 1.165) is 26.0 Å². The second kappa shape index (κ2) is 6.65. The Morgan fingerprint density at radius 1 is 0.667 bits per heavy atom. The smallest absolute Gasteiger partial charge is 0.417 e. The number of phenolic OH excluding ortho intramolecular Hbond substituents is 2. The highest BCUT2D eigenvalue weighted by Gasteiger charge is 2.37. The normalized spacial score (nSPS) is 12.5. The first kappa shape index (κ1) is 20.9. The summed E-state index contributed by atoms with van der Waals surface area (Å²) in [4.78, 5) is 0. The van der Waals surface area contributed by atoms with Crippen LogP contribution in [0.3, 0.4) is 0 Å². The van der Waals surface area contributed by atoms with Crippen molar-refractivity contribution in [1.82, 2.24) is 0 Å². The first-order valence-electron chi connectivity index (χ1n) is 7.94. The summed E-state index contributed by atoms with van der Waals surface area (Å²) in [6.45, 7) is 4.72. The van der Waals surface area contributed by atoms with Gasteiger partial charge in [-0.1, -0.05) is 12.1 Å². The Hall–Kier alpha value is -2.38. The molecular formula is C19H18F6O2. The lowest BCUT2D eigenvalue weighted by Crippen LogP contribution is -2.12. The van der Waals surface area contributed by atoms with E-state index in [9.17, 15) is 36.6 Å². The molecule has 0 aliphatic heterocycles. The quantitative estimate of drug-likeness (QED) is 0.619. The minimum absolute atomic E-state index is 0.0897. The highest BCUT2D eigenvalue weighted by molar-refractivity contribution is 5.55. The molecule has 0 saturated heterocycles. The van der Waals surface area contributed by atoms with Crippen molar-refractivity contribution >= 4 is 0 Å². The van der Waals surface area contributed by atoms with Gasteiger partial charge >= 0.3 is 12.4 Å². The Morgan fingerprint density at radius 2 is 0.963 bits per heavy atom. The SMILES string of the molecule is Cc1cc(Cc2cc(C)c(C(F)(F)F)c(C)c2O)c(O)c(C)c1C(F)(F)F. The first-order valence-corrected chi connectivity index (χ1v) is 7.94. The van der Waals surface area contributed by atoms with Crippen molar-refractivity contribution in [2.45, 2.75) is 46.5 Å².